The van der Waals surface area contributed by atoms with Crippen molar-refractivity contribution in [2.24, 2.45) is 5.73 Å². The molecule has 82 valence electrons. The summed E-state index contributed by atoms with van der Waals surface area (Å²) in [5.41, 5.74) is 6.81. The largest absolute Gasteiger partial charge is 0.329 e. The number of rotatable bonds is 3. The molecule has 1 saturated heterocycles. The van der Waals surface area contributed by atoms with E-state index < -0.39 is 0 Å². The van der Waals surface area contributed by atoms with Crippen LogP contribution in [0.1, 0.15) is 25.0 Å². The Bertz CT molecular complexity index is 288. The Morgan fingerprint density at radius 3 is 3.07 bits per heavy atom. The molecule has 0 saturated carbocycles. The monoisotopic (exact) mass is 206 g/mol. The van der Waals surface area contributed by atoms with E-state index in [0.717, 1.165) is 25.3 Å². The van der Waals surface area contributed by atoms with Crippen LogP contribution in [0.5, 0.6) is 0 Å². The molecule has 1 fully saturated rings. The number of piperidine rings is 1. The minimum absolute atomic E-state index is 0.528. The molecule has 0 aromatic carbocycles. The van der Waals surface area contributed by atoms with E-state index in [-0.39, 0.29) is 0 Å². The van der Waals surface area contributed by atoms with Crippen molar-refractivity contribution in [3.05, 3.63) is 24.3 Å². The van der Waals surface area contributed by atoms with E-state index in [1.165, 1.54) is 19.3 Å². The summed E-state index contributed by atoms with van der Waals surface area (Å²) in [6, 6.07) is 0.528. The van der Waals surface area contributed by atoms with Gasteiger partial charge in [-0.3, -0.25) is 14.9 Å². The minimum atomic E-state index is 0.528. The van der Waals surface area contributed by atoms with Gasteiger partial charge in [0.25, 0.3) is 0 Å². The first-order valence-electron chi connectivity index (χ1n) is 5.59. The fourth-order valence-corrected chi connectivity index (χ4v) is 2.15. The van der Waals surface area contributed by atoms with Crippen molar-refractivity contribution in [1.29, 1.82) is 0 Å². The van der Waals surface area contributed by atoms with E-state index in [9.17, 15) is 0 Å². The first kappa shape index (κ1) is 10.5. The third-order valence-electron chi connectivity index (χ3n) is 3.00. The summed E-state index contributed by atoms with van der Waals surface area (Å²) in [7, 11) is 0. The second-order valence-electron chi connectivity index (χ2n) is 4.05. The summed E-state index contributed by atoms with van der Waals surface area (Å²) in [4.78, 5) is 10.8. The highest BCUT2D eigenvalue weighted by Crippen LogP contribution is 2.17. The van der Waals surface area contributed by atoms with Crippen LogP contribution in [-0.2, 0) is 6.54 Å². The van der Waals surface area contributed by atoms with Gasteiger partial charge in [-0.05, 0) is 19.4 Å². The van der Waals surface area contributed by atoms with Crippen molar-refractivity contribution >= 4 is 0 Å². The lowest BCUT2D eigenvalue weighted by Gasteiger charge is -2.34. The summed E-state index contributed by atoms with van der Waals surface area (Å²) >= 11 is 0. The van der Waals surface area contributed by atoms with Crippen LogP contribution in [0.4, 0.5) is 0 Å². The van der Waals surface area contributed by atoms with E-state index in [0.29, 0.717) is 6.04 Å². The average Bonchev–Trinajstić information content (AvgIpc) is 2.31. The lowest BCUT2D eigenvalue weighted by molar-refractivity contribution is 0.143. The molecule has 1 atom stereocenters. The van der Waals surface area contributed by atoms with Crippen molar-refractivity contribution in [2.45, 2.75) is 31.8 Å². The smallest absolute Gasteiger partial charge is 0.0726 e. The Morgan fingerprint density at radius 1 is 1.40 bits per heavy atom. The van der Waals surface area contributed by atoms with Crippen LogP contribution >= 0.6 is 0 Å². The topological polar surface area (TPSA) is 55.0 Å². The summed E-state index contributed by atoms with van der Waals surface area (Å²) in [5.74, 6) is 0. The van der Waals surface area contributed by atoms with E-state index in [1.807, 2.05) is 6.20 Å². The number of hydrogen-bond donors (Lipinski definition) is 1. The van der Waals surface area contributed by atoms with Crippen LogP contribution in [0.3, 0.4) is 0 Å². The van der Waals surface area contributed by atoms with E-state index in [4.69, 9.17) is 5.73 Å². The lowest BCUT2D eigenvalue weighted by atomic mass is 10.0. The zero-order valence-corrected chi connectivity index (χ0v) is 8.97. The Kier molecular flexibility index (Phi) is 3.64. The SMILES string of the molecule is NCC1CCCCN1Cc1cnccn1. The van der Waals surface area contributed by atoms with Crippen LogP contribution in [0.2, 0.25) is 0 Å². The van der Waals surface area contributed by atoms with Crippen molar-refractivity contribution in [3.63, 3.8) is 0 Å². The summed E-state index contributed by atoms with van der Waals surface area (Å²) in [6.07, 6.45) is 9.09. The van der Waals surface area contributed by atoms with Gasteiger partial charge in [0.2, 0.25) is 0 Å². The molecule has 1 aliphatic heterocycles. The average molecular weight is 206 g/mol. The molecule has 0 aliphatic carbocycles. The summed E-state index contributed by atoms with van der Waals surface area (Å²) in [6.45, 7) is 2.77. The highest BCUT2D eigenvalue weighted by atomic mass is 15.2. The molecule has 2 rings (SSSR count). The second kappa shape index (κ2) is 5.19. The molecule has 1 unspecified atom stereocenters. The minimum Gasteiger partial charge on any atom is -0.329 e. The Hall–Kier alpha value is -1.00. The molecule has 1 aromatic rings. The van der Waals surface area contributed by atoms with Gasteiger partial charge < -0.3 is 5.73 Å². The third kappa shape index (κ3) is 2.73. The molecule has 2 N–H and O–H groups in total. The normalized spacial score (nSPS) is 22.9. The lowest BCUT2D eigenvalue weighted by Crippen LogP contribution is -2.43. The van der Waals surface area contributed by atoms with Gasteiger partial charge in [0.05, 0.1) is 5.69 Å². The van der Waals surface area contributed by atoms with Gasteiger partial charge in [-0.2, -0.15) is 0 Å². The van der Waals surface area contributed by atoms with Crippen molar-refractivity contribution in [3.8, 4) is 0 Å². The Balaban J connectivity index is 1.97. The Morgan fingerprint density at radius 2 is 2.33 bits per heavy atom. The van der Waals surface area contributed by atoms with Gasteiger partial charge in [-0.15, -0.1) is 0 Å². The predicted octanol–water partition coefficient (Wildman–Crippen LogP) is 0.790. The van der Waals surface area contributed by atoms with Crippen LogP contribution in [0.15, 0.2) is 18.6 Å². The molecular formula is C11H18N4. The first-order chi connectivity index (χ1) is 7.40. The molecule has 0 radical (unpaired) electrons. The molecular weight excluding hydrogens is 188 g/mol. The molecule has 0 amide bonds. The zero-order valence-electron chi connectivity index (χ0n) is 8.97. The quantitative estimate of drug-likeness (QED) is 0.794. The first-order valence-corrected chi connectivity index (χ1v) is 5.59. The molecule has 2 heterocycles. The fraction of sp³-hybridized carbons (Fsp3) is 0.636. The molecule has 0 spiro atoms. The van der Waals surface area contributed by atoms with E-state index in [1.54, 1.807) is 12.4 Å². The highest BCUT2D eigenvalue weighted by molar-refractivity contribution is 4.95. The van der Waals surface area contributed by atoms with Crippen molar-refractivity contribution in [1.82, 2.24) is 14.9 Å². The number of likely N-dealkylation sites (tertiary alicyclic amines) is 1. The molecule has 0 bridgehead atoms. The van der Waals surface area contributed by atoms with Crippen LogP contribution in [0, 0.1) is 0 Å². The molecule has 1 aliphatic rings. The highest BCUT2D eigenvalue weighted by Gasteiger charge is 2.21. The van der Waals surface area contributed by atoms with Gasteiger partial charge in [0.1, 0.15) is 0 Å². The van der Waals surface area contributed by atoms with Crippen molar-refractivity contribution < 1.29 is 0 Å². The maximum atomic E-state index is 5.77. The summed E-state index contributed by atoms with van der Waals surface area (Å²) < 4.78 is 0. The van der Waals surface area contributed by atoms with Crippen LogP contribution < -0.4 is 5.73 Å². The van der Waals surface area contributed by atoms with Crippen LogP contribution in [-0.4, -0.2) is 34.0 Å². The predicted molar refractivity (Wildman–Crippen MR) is 59.1 cm³/mol. The molecule has 4 heteroatoms. The van der Waals surface area contributed by atoms with Gasteiger partial charge >= 0.3 is 0 Å². The molecule has 1 aromatic heterocycles. The van der Waals surface area contributed by atoms with Gasteiger partial charge in [0, 0.05) is 37.7 Å². The third-order valence-corrected chi connectivity index (χ3v) is 3.00. The van der Waals surface area contributed by atoms with Gasteiger partial charge in [-0.25, -0.2) is 0 Å². The number of hydrogen-bond acceptors (Lipinski definition) is 4. The number of nitrogens with zero attached hydrogens (tertiary/aromatic N) is 3. The fourth-order valence-electron chi connectivity index (χ4n) is 2.15. The Labute approximate surface area is 90.5 Å². The van der Waals surface area contributed by atoms with Crippen LogP contribution in [0.25, 0.3) is 0 Å². The van der Waals surface area contributed by atoms with E-state index >= 15 is 0 Å². The van der Waals surface area contributed by atoms with Gasteiger partial charge in [0.15, 0.2) is 0 Å². The number of aromatic nitrogens is 2. The second-order valence-corrected chi connectivity index (χ2v) is 4.05. The van der Waals surface area contributed by atoms with Crippen molar-refractivity contribution in [2.75, 3.05) is 13.1 Å². The maximum absolute atomic E-state index is 5.77. The van der Waals surface area contributed by atoms with E-state index in [2.05, 4.69) is 14.9 Å². The van der Waals surface area contributed by atoms with Gasteiger partial charge in [-0.1, -0.05) is 6.42 Å². The standard InChI is InChI=1S/C11H18N4/c12-7-11-3-1-2-6-15(11)9-10-8-13-4-5-14-10/h4-5,8,11H,1-3,6-7,9,12H2. The number of nitrogens with two attached hydrogens (primary N) is 1. The maximum Gasteiger partial charge on any atom is 0.0726 e. The zero-order chi connectivity index (χ0) is 10.5. The molecule has 15 heavy (non-hydrogen) atoms. The summed E-state index contributed by atoms with van der Waals surface area (Å²) in [5, 5.41) is 0. The molecule has 4 nitrogen and oxygen atoms in total.